The van der Waals surface area contributed by atoms with Crippen LogP contribution in [-0.4, -0.2) is 34.6 Å². The summed E-state index contributed by atoms with van der Waals surface area (Å²) in [6.07, 6.45) is -4.02. The summed E-state index contributed by atoms with van der Waals surface area (Å²) in [5.74, 6) is -2.68. The number of halogens is 3. The van der Waals surface area contributed by atoms with Gasteiger partial charge >= 0.3 is 12.2 Å². The molecular formula is C20H20F3N3O4. The molecule has 0 unspecified atom stereocenters. The van der Waals surface area contributed by atoms with Crippen molar-refractivity contribution in [3.8, 4) is 0 Å². The van der Waals surface area contributed by atoms with E-state index < -0.39 is 36.2 Å². The average molecular weight is 423 g/mol. The minimum absolute atomic E-state index is 0.0850. The van der Waals surface area contributed by atoms with E-state index in [1.165, 1.54) is 30.5 Å². The Labute approximate surface area is 170 Å². The topological polar surface area (TPSA) is 91.7 Å². The van der Waals surface area contributed by atoms with Gasteiger partial charge in [0.05, 0.1) is 12.8 Å². The Morgan fingerprint density at radius 1 is 1.13 bits per heavy atom. The summed E-state index contributed by atoms with van der Waals surface area (Å²) in [5, 5.41) is 3.27. The fourth-order valence-corrected chi connectivity index (χ4v) is 2.99. The maximum Gasteiger partial charge on any atom is 0.440 e. The second-order valence-corrected chi connectivity index (χ2v) is 7.93. The predicted octanol–water partition coefficient (Wildman–Crippen LogP) is 3.32. The first-order valence-electron chi connectivity index (χ1n) is 9.01. The zero-order valence-electron chi connectivity index (χ0n) is 16.5. The number of nitrogens with one attached hydrogen (secondary N) is 2. The summed E-state index contributed by atoms with van der Waals surface area (Å²) >= 11 is 0. The molecule has 1 aromatic carbocycles. The standard InChI is InChI=1S/C20H20F3N3O4/c1-18(2,3)13-8-6-12(7-9-13)15(27)24-19(20(21,22)23)16(28)26(17(29)25-19)11-14-5-4-10-30-14/h4-10H,11H2,1-3H3,(H,24,27)(H,25,29)/t19-/m0/s1. The molecule has 1 aliphatic heterocycles. The van der Waals surface area contributed by atoms with Crippen molar-refractivity contribution in [2.24, 2.45) is 0 Å². The number of amides is 4. The summed E-state index contributed by atoms with van der Waals surface area (Å²) in [5.41, 5.74) is -3.00. The van der Waals surface area contributed by atoms with Crippen LogP contribution in [-0.2, 0) is 16.8 Å². The van der Waals surface area contributed by atoms with Crippen molar-refractivity contribution in [2.45, 2.75) is 44.6 Å². The lowest BCUT2D eigenvalue weighted by Gasteiger charge is -2.30. The molecule has 0 radical (unpaired) electrons. The number of rotatable bonds is 4. The Kier molecular flexibility index (Phi) is 5.13. The van der Waals surface area contributed by atoms with Crippen molar-refractivity contribution in [3.05, 3.63) is 59.5 Å². The van der Waals surface area contributed by atoms with Gasteiger partial charge in [0.15, 0.2) is 0 Å². The Morgan fingerprint density at radius 3 is 2.27 bits per heavy atom. The Bertz CT molecular complexity index is 963. The van der Waals surface area contributed by atoms with Crippen LogP contribution < -0.4 is 10.6 Å². The Balaban J connectivity index is 1.88. The molecule has 2 heterocycles. The van der Waals surface area contributed by atoms with Crippen molar-refractivity contribution in [1.82, 2.24) is 15.5 Å². The molecule has 0 bridgehead atoms. The van der Waals surface area contributed by atoms with Crippen LogP contribution in [0, 0.1) is 0 Å². The SMILES string of the molecule is CC(C)(C)c1ccc(C(=O)N[C@]2(C(F)(F)F)NC(=O)N(Cc3ccco3)C2=O)cc1. The van der Waals surface area contributed by atoms with Gasteiger partial charge in [-0.05, 0) is 35.2 Å². The number of carbonyl (C=O) groups excluding carboxylic acids is 3. The molecule has 1 saturated heterocycles. The van der Waals surface area contributed by atoms with Crippen LogP contribution in [0.2, 0.25) is 0 Å². The molecule has 10 heteroatoms. The summed E-state index contributed by atoms with van der Waals surface area (Å²) < 4.78 is 46.7. The smallest absolute Gasteiger partial charge is 0.440 e. The second-order valence-electron chi connectivity index (χ2n) is 7.93. The maximum atomic E-state index is 13.9. The number of urea groups is 1. The Hall–Kier alpha value is -3.30. The summed E-state index contributed by atoms with van der Waals surface area (Å²) in [4.78, 5) is 37.7. The van der Waals surface area contributed by atoms with Gasteiger partial charge in [0.25, 0.3) is 17.5 Å². The number of furan rings is 1. The second kappa shape index (κ2) is 7.19. The van der Waals surface area contributed by atoms with E-state index >= 15 is 0 Å². The fraction of sp³-hybridized carbons (Fsp3) is 0.350. The molecule has 0 saturated carbocycles. The van der Waals surface area contributed by atoms with Crippen molar-refractivity contribution >= 4 is 17.8 Å². The van der Waals surface area contributed by atoms with E-state index in [0.717, 1.165) is 5.56 Å². The molecule has 2 N–H and O–H groups in total. The van der Waals surface area contributed by atoms with Crippen LogP contribution in [0.1, 0.15) is 42.5 Å². The molecule has 0 spiro atoms. The van der Waals surface area contributed by atoms with Crippen molar-refractivity contribution in [1.29, 1.82) is 0 Å². The van der Waals surface area contributed by atoms with Crippen molar-refractivity contribution in [3.63, 3.8) is 0 Å². The molecular weight excluding hydrogens is 403 g/mol. The molecule has 160 valence electrons. The number of alkyl halides is 3. The van der Waals surface area contributed by atoms with Crippen LogP contribution in [0.4, 0.5) is 18.0 Å². The largest absolute Gasteiger partial charge is 0.467 e. The first-order valence-corrected chi connectivity index (χ1v) is 9.01. The van der Waals surface area contributed by atoms with Gasteiger partial charge in [-0.25, -0.2) is 4.79 Å². The lowest BCUT2D eigenvalue weighted by Crippen LogP contribution is -2.69. The van der Waals surface area contributed by atoms with Gasteiger partial charge in [-0.2, -0.15) is 13.2 Å². The molecule has 30 heavy (non-hydrogen) atoms. The monoisotopic (exact) mass is 423 g/mol. The van der Waals surface area contributed by atoms with Crippen LogP contribution in [0.15, 0.2) is 47.1 Å². The van der Waals surface area contributed by atoms with Gasteiger partial charge in [-0.1, -0.05) is 32.9 Å². The van der Waals surface area contributed by atoms with Crippen LogP contribution >= 0.6 is 0 Å². The molecule has 1 aliphatic rings. The molecule has 7 nitrogen and oxygen atoms in total. The van der Waals surface area contributed by atoms with E-state index in [1.807, 2.05) is 20.8 Å². The van der Waals surface area contributed by atoms with Gasteiger partial charge in [0.1, 0.15) is 5.76 Å². The zero-order valence-corrected chi connectivity index (χ0v) is 16.5. The molecule has 4 amide bonds. The highest BCUT2D eigenvalue weighted by Crippen LogP contribution is 2.34. The van der Waals surface area contributed by atoms with E-state index in [9.17, 15) is 27.6 Å². The number of carbonyl (C=O) groups is 3. The van der Waals surface area contributed by atoms with E-state index in [2.05, 4.69) is 0 Å². The van der Waals surface area contributed by atoms with Crippen LogP contribution in [0.5, 0.6) is 0 Å². The van der Waals surface area contributed by atoms with E-state index in [1.54, 1.807) is 22.8 Å². The number of hydrogen-bond acceptors (Lipinski definition) is 4. The highest BCUT2D eigenvalue weighted by Gasteiger charge is 2.68. The van der Waals surface area contributed by atoms with Crippen molar-refractivity contribution in [2.75, 3.05) is 0 Å². The Morgan fingerprint density at radius 2 is 1.77 bits per heavy atom. The van der Waals surface area contributed by atoms with Gasteiger partial charge in [-0.15, -0.1) is 0 Å². The number of hydrogen-bond donors (Lipinski definition) is 2. The van der Waals surface area contributed by atoms with Gasteiger partial charge < -0.3 is 9.73 Å². The molecule has 3 rings (SSSR count). The van der Waals surface area contributed by atoms with Crippen molar-refractivity contribution < 1.29 is 32.0 Å². The summed E-state index contributed by atoms with van der Waals surface area (Å²) in [6.45, 7) is 5.33. The highest BCUT2D eigenvalue weighted by molar-refractivity contribution is 6.10. The third kappa shape index (κ3) is 3.77. The lowest BCUT2D eigenvalue weighted by molar-refractivity contribution is -0.200. The number of nitrogens with zero attached hydrogens (tertiary/aromatic N) is 1. The summed E-state index contributed by atoms with van der Waals surface area (Å²) in [6, 6.07) is 7.54. The molecule has 1 aromatic heterocycles. The zero-order chi connectivity index (χ0) is 22.3. The predicted molar refractivity (Wildman–Crippen MR) is 99.2 cm³/mol. The quantitative estimate of drug-likeness (QED) is 0.738. The third-order valence-corrected chi connectivity index (χ3v) is 4.74. The maximum absolute atomic E-state index is 13.9. The molecule has 0 aliphatic carbocycles. The van der Waals surface area contributed by atoms with Crippen LogP contribution in [0.25, 0.3) is 0 Å². The molecule has 1 fully saturated rings. The number of benzene rings is 1. The normalized spacial score (nSPS) is 19.7. The minimum atomic E-state index is -5.28. The number of imide groups is 1. The summed E-state index contributed by atoms with van der Waals surface area (Å²) in [7, 11) is 0. The fourth-order valence-electron chi connectivity index (χ4n) is 2.99. The van der Waals surface area contributed by atoms with Crippen LogP contribution in [0.3, 0.4) is 0 Å². The van der Waals surface area contributed by atoms with Gasteiger partial charge in [-0.3, -0.25) is 19.8 Å². The van der Waals surface area contributed by atoms with Gasteiger partial charge in [0.2, 0.25) is 0 Å². The van der Waals surface area contributed by atoms with Gasteiger partial charge in [0, 0.05) is 5.56 Å². The first kappa shape index (κ1) is 21.4. The first-order chi connectivity index (χ1) is 13.8. The lowest BCUT2D eigenvalue weighted by atomic mass is 9.86. The highest BCUT2D eigenvalue weighted by atomic mass is 19.4. The molecule has 1 atom stereocenters. The van der Waals surface area contributed by atoms with E-state index in [4.69, 9.17) is 4.42 Å². The third-order valence-electron chi connectivity index (χ3n) is 4.74. The van der Waals surface area contributed by atoms with E-state index in [-0.39, 0.29) is 16.7 Å². The minimum Gasteiger partial charge on any atom is -0.467 e. The van der Waals surface area contributed by atoms with E-state index in [0.29, 0.717) is 4.90 Å². The molecule has 2 aromatic rings. The average Bonchev–Trinajstić information content (AvgIpc) is 3.24.